The van der Waals surface area contributed by atoms with Gasteiger partial charge in [0.2, 0.25) is 0 Å². The second kappa shape index (κ2) is 10.2. The molecule has 34 heavy (non-hydrogen) atoms. The molecule has 0 aliphatic heterocycles. The van der Waals surface area contributed by atoms with Gasteiger partial charge in [0.1, 0.15) is 23.9 Å². The zero-order chi connectivity index (χ0) is 23.8. The molecule has 0 aromatic carbocycles. The molecule has 2 N–H and O–H groups in total. The molecule has 0 amide bonds. The van der Waals surface area contributed by atoms with E-state index in [2.05, 4.69) is 20.2 Å². The number of alkyl halides is 6. The van der Waals surface area contributed by atoms with Crippen LogP contribution in [0, 0.1) is 0 Å². The molecule has 0 bridgehead atoms. The number of halogens is 6. The third-order valence-electron chi connectivity index (χ3n) is 3.99. The number of hydrogen-bond donors (Lipinski definition) is 1. The molecule has 0 spiro atoms. The van der Waals surface area contributed by atoms with E-state index in [9.17, 15) is 35.9 Å². The van der Waals surface area contributed by atoms with E-state index in [0.717, 1.165) is 21.4 Å². The van der Waals surface area contributed by atoms with E-state index < -0.39 is 40.9 Å². The Balaban J connectivity index is 0.000000321. The standard InChI is InChI=1S/C9H6F3N3O.C8H4F3N3O2.Li.H2O/c1-5(16)8-7-2-6(9(10,11)12)3-14-15(7)4-13-8;9-8(10,11)4-1-5-6(7(15)16)12-3-14(5)13-2-4;;/h2-4H,1H3;1-3H,(H,15,16);;1H2/q;;+1;/p-1. The van der Waals surface area contributed by atoms with Crippen molar-refractivity contribution in [3.05, 3.63) is 59.7 Å². The molecule has 0 radical (unpaired) electrons. The molecule has 176 valence electrons. The summed E-state index contributed by atoms with van der Waals surface area (Å²) in [6, 6.07) is 1.56. The fourth-order valence-electron chi connectivity index (χ4n) is 2.52. The minimum atomic E-state index is -4.56. The number of fused-ring (bicyclic) bond motifs is 2. The Morgan fingerprint density at radius 2 is 1.21 bits per heavy atom. The minimum absolute atomic E-state index is 0. The van der Waals surface area contributed by atoms with Crippen molar-refractivity contribution in [3.63, 3.8) is 0 Å². The first-order valence-corrected chi connectivity index (χ1v) is 8.34. The number of hydrogen-bond acceptors (Lipinski definition) is 7. The van der Waals surface area contributed by atoms with E-state index in [4.69, 9.17) is 5.11 Å². The van der Waals surface area contributed by atoms with E-state index in [1.807, 2.05) is 0 Å². The van der Waals surface area contributed by atoms with Crippen LogP contribution in [0.25, 0.3) is 11.0 Å². The van der Waals surface area contributed by atoms with E-state index in [1.165, 1.54) is 13.3 Å². The van der Waals surface area contributed by atoms with Gasteiger partial charge in [-0.15, -0.1) is 0 Å². The minimum Gasteiger partial charge on any atom is -0.870 e. The number of aromatic nitrogens is 6. The van der Waals surface area contributed by atoms with E-state index in [0.29, 0.717) is 18.5 Å². The fourth-order valence-corrected chi connectivity index (χ4v) is 2.52. The van der Waals surface area contributed by atoms with Gasteiger partial charge in [-0.1, -0.05) is 0 Å². The van der Waals surface area contributed by atoms with Crippen LogP contribution in [0.4, 0.5) is 26.3 Å². The SMILES string of the molecule is CC(=O)c1ncn2ncc(C(F)(F)F)cc12.O=C(O)c1ncn2ncc(C(F)(F)F)cc12.[Li+].[OH-]. The van der Waals surface area contributed by atoms with Crippen LogP contribution in [0.1, 0.15) is 39.0 Å². The number of rotatable bonds is 2. The summed E-state index contributed by atoms with van der Waals surface area (Å²) in [6.45, 7) is 1.24. The Morgan fingerprint density at radius 3 is 1.56 bits per heavy atom. The summed E-state index contributed by atoms with van der Waals surface area (Å²) < 4.78 is 76.3. The molecule has 4 aromatic rings. The number of Topliss-reactive ketones (excluding diaryl/α,β-unsaturated/α-hetero) is 1. The third-order valence-corrected chi connectivity index (χ3v) is 3.99. The molecule has 0 aliphatic rings. The van der Waals surface area contributed by atoms with Gasteiger partial charge in [0.05, 0.1) is 29.0 Å². The van der Waals surface area contributed by atoms with E-state index >= 15 is 0 Å². The summed E-state index contributed by atoms with van der Waals surface area (Å²) in [7, 11) is 0. The number of nitrogens with zero attached hydrogens (tertiary/aromatic N) is 6. The molecule has 0 atom stereocenters. The van der Waals surface area contributed by atoms with Gasteiger partial charge >= 0.3 is 37.2 Å². The summed E-state index contributed by atoms with van der Waals surface area (Å²) in [6.07, 6.45) is -5.49. The maximum Gasteiger partial charge on any atom is 1.00 e. The zero-order valence-corrected chi connectivity index (χ0v) is 17.1. The summed E-state index contributed by atoms with van der Waals surface area (Å²) in [4.78, 5) is 28.9. The fraction of sp³-hybridized carbons (Fsp3) is 0.176. The first-order valence-electron chi connectivity index (χ1n) is 8.34. The van der Waals surface area contributed by atoms with Crippen LogP contribution in [0.5, 0.6) is 0 Å². The summed E-state index contributed by atoms with van der Waals surface area (Å²) in [5.74, 6) is -1.80. The predicted molar refractivity (Wildman–Crippen MR) is 94.9 cm³/mol. The third kappa shape index (κ3) is 5.90. The Morgan fingerprint density at radius 1 is 0.824 bits per heavy atom. The van der Waals surface area contributed by atoms with Crippen LogP contribution in [-0.4, -0.2) is 51.5 Å². The topological polar surface area (TPSA) is 145 Å². The average Bonchev–Trinajstić information content (AvgIpc) is 3.30. The van der Waals surface area contributed by atoms with Crippen molar-refractivity contribution in [2.24, 2.45) is 0 Å². The van der Waals surface area contributed by atoms with Gasteiger partial charge in [-0.05, 0) is 12.1 Å². The summed E-state index contributed by atoms with van der Waals surface area (Å²) in [5, 5.41) is 15.6. The van der Waals surface area contributed by atoms with E-state index in [-0.39, 0.29) is 41.1 Å². The normalized spacial score (nSPS) is 11.3. The van der Waals surface area contributed by atoms with Gasteiger partial charge in [-0.25, -0.2) is 23.8 Å². The molecule has 4 heterocycles. The van der Waals surface area contributed by atoms with Gasteiger partial charge in [0.15, 0.2) is 11.5 Å². The Bertz CT molecular complexity index is 1230. The molecule has 17 heteroatoms. The largest absolute Gasteiger partial charge is 1.00 e. The Labute approximate surface area is 196 Å². The Hall–Kier alpha value is -3.48. The van der Waals surface area contributed by atoms with Gasteiger partial charge < -0.3 is 10.6 Å². The van der Waals surface area contributed by atoms with Gasteiger partial charge in [-0.2, -0.15) is 36.5 Å². The summed E-state index contributed by atoms with van der Waals surface area (Å²) >= 11 is 0. The van der Waals surface area contributed by atoms with Crippen LogP contribution in [0.15, 0.2) is 37.2 Å². The van der Waals surface area contributed by atoms with Crippen molar-refractivity contribution in [2.75, 3.05) is 0 Å². The van der Waals surface area contributed by atoms with Crippen LogP contribution in [0.3, 0.4) is 0 Å². The second-order valence-corrected chi connectivity index (χ2v) is 6.19. The molecular weight excluding hydrogens is 473 g/mol. The van der Waals surface area contributed by atoms with Crippen LogP contribution in [0.2, 0.25) is 0 Å². The molecular formula is C17H11F6LiN6O4. The molecule has 10 nitrogen and oxygen atoms in total. The number of carbonyl (C=O) groups excluding carboxylic acids is 1. The molecule has 0 unspecified atom stereocenters. The molecule has 0 saturated heterocycles. The molecule has 0 fully saturated rings. The number of carboxylic acids is 1. The van der Waals surface area contributed by atoms with Crippen LogP contribution in [-0.2, 0) is 12.4 Å². The zero-order valence-electron chi connectivity index (χ0n) is 17.1. The number of ketones is 1. The molecule has 4 aromatic heterocycles. The molecule has 0 aliphatic carbocycles. The maximum atomic E-state index is 12.4. The van der Waals surface area contributed by atoms with Crippen molar-refractivity contribution < 1.29 is 65.4 Å². The second-order valence-electron chi connectivity index (χ2n) is 6.19. The number of carbonyl (C=O) groups is 2. The quantitative estimate of drug-likeness (QED) is 0.242. The molecule has 4 rings (SSSR count). The maximum absolute atomic E-state index is 12.4. The predicted octanol–water partition coefficient (Wildman–Crippen LogP) is 0.224. The average molecular weight is 484 g/mol. The van der Waals surface area contributed by atoms with Crippen molar-refractivity contribution in [2.45, 2.75) is 19.3 Å². The first kappa shape index (κ1) is 28.6. The molecule has 0 saturated carbocycles. The number of imidazole rings is 2. The van der Waals surface area contributed by atoms with Crippen LogP contribution < -0.4 is 18.9 Å². The van der Waals surface area contributed by atoms with Crippen LogP contribution >= 0.6 is 0 Å². The van der Waals surface area contributed by atoms with Gasteiger partial charge in [0, 0.05) is 6.92 Å². The van der Waals surface area contributed by atoms with Crippen molar-refractivity contribution in [1.29, 1.82) is 0 Å². The number of carboxylic acid groups (broad SMARTS) is 1. The monoisotopic (exact) mass is 484 g/mol. The first-order chi connectivity index (χ1) is 14.8. The van der Waals surface area contributed by atoms with E-state index in [1.54, 1.807) is 0 Å². The van der Waals surface area contributed by atoms with Gasteiger partial charge in [-0.3, -0.25) is 4.79 Å². The Kier molecular flexibility index (Phi) is 8.56. The summed E-state index contributed by atoms with van der Waals surface area (Å²) in [5.41, 5.74) is -2.52. The van der Waals surface area contributed by atoms with Crippen molar-refractivity contribution in [1.82, 2.24) is 29.2 Å². The van der Waals surface area contributed by atoms with Gasteiger partial charge in [0.25, 0.3) is 0 Å². The van der Waals surface area contributed by atoms with Crippen molar-refractivity contribution in [3.8, 4) is 0 Å². The van der Waals surface area contributed by atoms with Crippen molar-refractivity contribution >= 4 is 22.8 Å². The smallest absolute Gasteiger partial charge is 0.870 e. The number of aromatic carboxylic acids is 1.